The van der Waals surface area contributed by atoms with Gasteiger partial charge in [-0.1, -0.05) is 11.6 Å². The van der Waals surface area contributed by atoms with Gasteiger partial charge in [0.15, 0.2) is 11.5 Å². The molecule has 3 fully saturated rings. The van der Waals surface area contributed by atoms with Gasteiger partial charge in [0, 0.05) is 19.1 Å². The highest BCUT2D eigenvalue weighted by atomic mass is 35.5. The normalized spacial score (nSPS) is 30.4. The van der Waals surface area contributed by atoms with E-state index in [0.29, 0.717) is 30.0 Å². The summed E-state index contributed by atoms with van der Waals surface area (Å²) in [7, 11) is 0. The highest BCUT2D eigenvalue weighted by molar-refractivity contribution is 6.32. The predicted octanol–water partition coefficient (Wildman–Crippen LogP) is 2.29. The van der Waals surface area contributed by atoms with E-state index in [-0.39, 0.29) is 0 Å². The maximum Gasteiger partial charge on any atom is 0.179 e. The molecule has 1 unspecified atom stereocenters. The van der Waals surface area contributed by atoms with Gasteiger partial charge in [-0.2, -0.15) is 0 Å². The van der Waals surface area contributed by atoms with Gasteiger partial charge in [0.2, 0.25) is 0 Å². The average Bonchev–Trinajstić information content (AvgIpc) is 2.54. The van der Waals surface area contributed by atoms with Crippen molar-refractivity contribution in [3.63, 3.8) is 0 Å². The highest BCUT2D eigenvalue weighted by Crippen LogP contribution is 2.38. The first-order chi connectivity index (χ1) is 10.3. The van der Waals surface area contributed by atoms with Gasteiger partial charge in [-0.15, -0.1) is 0 Å². The van der Waals surface area contributed by atoms with Crippen molar-refractivity contribution in [1.82, 2.24) is 10.2 Å². The van der Waals surface area contributed by atoms with Crippen molar-refractivity contribution in [2.45, 2.75) is 25.4 Å². The molecule has 0 radical (unpaired) electrons. The maximum atomic E-state index is 6.29. The lowest BCUT2D eigenvalue weighted by Gasteiger charge is -2.45. The number of hydrogen-bond acceptors (Lipinski definition) is 4. The van der Waals surface area contributed by atoms with Crippen molar-refractivity contribution in [3.8, 4) is 11.5 Å². The first kappa shape index (κ1) is 13.7. The molecule has 114 valence electrons. The topological polar surface area (TPSA) is 33.7 Å². The van der Waals surface area contributed by atoms with E-state index in [1.807, 2.05) is 6.07 Å². The summed E-state index contributed by atoms with van der Waals surface area (Å²) in [5.41, 5.74) is 1.17. The number of halogens is 1. The Balaban J connectivity index is 1.44. The lowest BCUT2D eigenvalue weighted by Crippen LogP contribution is -2.55. The summed E-state index contributed by atoms with van der Waals surface area (Å²) >= 11 is 6.29. The second kappa shape index (κ2) is 5.67. The van der Waals surface area contributed by atoms with Gasteiger partial charge in [0.25, 0.3) is 0 Å². The van der Waals surface area contributed by atoms with Crippen molar-refractivity contribution in [3.05, 3.63) is 22.7 Å². The van der Waals surface area contributed by atoms with Crippen molar-refractivity contribution < 1.29 is 9.47 Å². The molecule has 0 aliphatic carbocycles. The molecular formula is C16H21ClN2O2. The standard InChI is InChI=1S/C16H21ClN2O2/c17-13-7-11(8-15-16(13)21-6-5-20-15)9-18-14-10-19-3-1-12(14)2-4-19/h7-8,12,14,18H,1-6,9-10H2. The minimum atomic E-state index is 0.573. The van der Waals surface area contributed by atoms with Crippen LogP contribution in [0.25, 0.3) is 0 Å². The van der Waals surface area contributed by atoms with Crippen molar-refractivity contribution in [2.75, 3.05) is 32.8 Å². The van der Waals surface area contributed by atoms with Crippen LogP contribution in [0.1, 0.15) is 18.4 Å². The Morgan fingerprint density at radius 1 is 1.19 bits per heavy atom. The van der Waals surface area contributed by atoms with Crippen LogP contribution in [0.2, 0.25) is 5.02 Å². The Morgan fingerprint density at radius 2 is 2.00 bits per heavy atom. The van der Waals surface area contributed by atoms with E-state index in [9.17, 15) is 0 Å². The van der Waals surface area contributed by atoms with E-state index >= 15 is 0 Å². The highest BCUT2D eigenvalue weighted by Gasteiger charge is 2.33. The second-order valence-corrected chi connectivity index (χ2v) is 6.63. The lowest BCUT2D eigenvalue weighted by molar-refractivity contribution is 0.0720. The Labute approximate surface area is 130 Å². The fourth-order valence-electron chi connectivity index (χ4n) is 3.71. The van der Waals surface area contributed by atoms with Gasteiger partial charge in [-0.3, -0.25) is 0 Å². The molecule has 2 bridgehead atoms. The predicted molar refractivity (Wildman–Crippen MR) is 82.2 cm³/mol. The van der Waals surface area contributed by atoms with Crippen LogP contribution in [0.3, 0.4) is 0 Å². The van der Waals surface area contributed by atoms with Crippen LogP contribution in [-0.2, 0) is 6.54 Å². The van der Waals surface area contributed by atoms with Crippen LogP contribution >= 0.6 is 11.6 Å². The monoisotopic (exact) mass is 308 g/mol. The van der Waals surface area contributed by atoms with Gasteiger partial charge in [0.05, 0.1) is 5.02 Å². The lowest BCUT2D eigenvalue weighted by atomic mass is 9.84. The maximum absolute atomic E-state index is 6.29. The summed E-state index contributed by atoms with van der Waals surface area (Å²) in [5, 5.41) is 4.36. The molecule has 0 saturated carbocycles. The molecule has 5 rings (SSSR count). The van der Waals surface area contributed by atoms with E-state index < -0.39 is 0 Å². The summed E-state index contributed by atoms with van der Waals surface area (Å²) in [6.07, 6.45) is 2.67. The van der Waals surface area contributed by atoms with Crippen LogP contribution in [0.4, 0.5) is 0 Å². The molecular weight excluding hydrogens is 288 g/mol. The number of fused-ring (bicyclic) bond motifs is 4. The van der Waals surface area contributed by atoms with Crippen LogP contribution in [-0.4, -0.2) is 43.8 Å². The molecule has 1 atom stereocenters. The summed E-state index contributed by atoms with van der Waals surface area (Å²) in [6, 6.07) is 4.65. The average molecular weight is 309 g/mol. The van der Waals surface area contributed by atoms with Gasteiger partial charge < -0.3 is 19.7 Å². The summed E-state index contributed by atoms with van der Waals surface area (Å²) < 4.78 is 11.2. The Kier molecular flexibility index (Phi) is 3.69. The molecule has 4 aliphatic rings. The molecule has 21 heavy (non-hydrogen) atoms. The molecule has 0 spiro atoms. The fourth-order valence-corrected chi connectivity index (χ4v) is 4.00. The number of rotatable bonds is 3. The van der Waals surface area contributed by atoms with Crippen molar-refractivity contribution in [1.29, 1.82) is 0 Å². The van der Waals surface area contributed by atoms with Gasteiger partial charge >= 0.3 is 0 Å². The molecule has 1 aromatic rings. The Bertz CT molecular complexity index is 529. The summed E-state index contributed by atoms with van der Waals surface area (Å²) in [5.74, 6) is 2.30. The number of nitrogens with one attached hydrogen (secondary N) is 1. The minimum Gasteiger partial charge on any atom is -0.486 e. The van der Waals surface area contributed by atoms with Crippen LogP contribution in [0.15, 0.2) is 12.1 Å². The van der Waals surface area contributed by atoms with E-state index in [0.717, 1.165) is 18.2 Å². The molecule has 0 aromatic heterocycles. The van der Waals surface area contributed by atoms with Crippen molar-refractivity contribution in [2.24, 2.45) is 5.92 Å². The fraction of sp³-hybridized carbons (Fsp3) is 0.625. The zero-order valence-corrected chi connectivity index (χ0v) is 12.9. The number of benzene rings is 1. The Morgan fingerprint density at radius 3 is 2.76 bits per heavy atom. The number of nitrogens with zero attached hydrogens (tertiary/aromatic N) is 1. The largest absolute Gasteiger partial charge is 0.486 e. The van der Waals surface area contributed by atoms with Gasteiger partial charge in [0.1, 0.15) is 13.2 Å². The van der Waals surface area contributed by atoms with E-state index in [4.69, 9.17) is 21.1 Å². The molecule has 4 heterocycles. The van der Waals surface area contributed by atoms with E-state index in [1.165, 1.54) is 38.0 Å². The van der Waals surface area contributed by atoms with Crippen LogP contribution < -0.4 is 14.8 Å². The zero-order valence-electron chi connectivity index (χ0n) is 12.1. The SMILES string of the molecule is Clc1cc(CNC2CN3CCC2CC3)cc2c1OCCO2. The minimum absolute atomic E-state index is 0.573. The molecule has 1 N–H and O–H groups in total. The van der Waals surface area contributed by atoms with Crippen LogP contribution in [0, 0.1) is 5.92 Å². The second-order valence-electron chi connectivity index (χ2n) is 6.23. The van der Waals surface area contributed by atoms with Gasteiger partial charge in [-0.25, -0.2) is 0 Å². The summed E-state index contributed by atoms with van der Waals surface area (Å²) in [6.45, 7) is 5.75. The molecule has 3 saturated heterocycles. The number of piperidine rings is 3. The third-order valence-electron chi connectivity index (χ3n) is 4.88. The first-order valence-electron chi connectivity index (χ1n) is 7.83. The van der Waals surface area contributed by atoms with Crippen molar-refractivity contribution >= 4 is 11.6 Å². The third-order valence-corrected chi connectivity index (χ3v) is 5.16. The van der Waals surface area contributed by atoms with E-state index in [1.54, 1.807) is 0 Å². The zero-order chi connectivity index (χ0) is 14.2. The van der Waals surface area contributed by atoms with Crippen LogP contribution in [0.5, 0.6) is 11.5 Å². The molecule has 0 amide bonds. The molecule has 4 aliphatic heterocycles. The van der Waals surface area contributed by atoms with E-state index in [2.05, 4.69) is 16.3 Å². The molecule has 1 aromatic carbocycles. The molecule has 4 nitrogen and oxygen atoms in total. The first-order valence-corrected chi connectivity index (χ1v) is 8.21. The quantitative estimate of drug-likeness (QED) is 0.929. The number of ether oxygens (including phenoxy) is 2. The third kappa shape index (κ3) is 2.72. The molecule has 5 heteroatoms. The summed E-state index contributed by atoms with van der Waals surface area (Å²) in [4.78, 5) is 2.56. The Hall–Kier alpha value is -0.970. The smallest absolute Gasteiger partial charge is 0.179 e. The van der Waals surface area contributed by atoms with Gasteiger partial charge in [-0.05, 0) is 49.5 Å². The number of hydrogen-bond donors (Lipinski definition) is 1.